The number of rotatable bonds is 7. The molecule has 1 heterocycles. The number of furan rings is 1. The van der Waals surface area contributed by atoms with Crippen LogP contribution in [0.4, 0.5) is 5.69 Å². The predicted octanol–water partition coefficient (Wildman–Crippen LogP) is 2.38. The second-order valence-electron chi connectivity index (χ2n) is 4.57. The zero-order chi connectivity index (χ0) is 15.3. The highest BCUT2D eigenvalue weighted by atomic mass is 32.2. The Hall–Kier alpha value is -1.44. The molecule has 0 aliphatic rings. The third-order valence-corrected chi connectivity index (χ3v) is 5.36. The summed E-state index contributed by atoms with van der Waals surface area (Å²) in [7, 11) is -3.30. The van der Waals surface area contributed by atoms with Gasteiger partial charge in [0.05, 0.1) is 12.3 Å². The summed E-state index contributed by atoms with van der Waals surface area (Å²) in [6.45, 7) is 2.00. The number of sulfonamides is 1. The summed E-state index contributed by atoms with van der Waals surface area (Å²) in [4.78, 5) is 1.00. The van der Waals surface area contributed by atoms with Gasteiger partial charge in [0.1, 0.15) is 11.5 Å². The van der Waals surface area contributed by atoms with Crippen LogP contribution in [0.3, 0.4) is 0 Å². The SMILES string of the molecule is Cc1ccc(CNS(=O)(=O)CCSc2ccc(N)cc2)o1. The van der Waals surface area contributed by atoms with Crippen molar-refractivity contribution >= 4 is 27.5 Å². The number of aryl methyl sites for hydroxylation is 1. The lowest BCUT2D eigenvalue weighted by Crippen LogP contribution is -2.26. The molecular formula is C14H18N2O3S2. The molecule has 114 valence electrons. The number of hydrogen-bond donors (Lipinski definition) is 2. The van der Waals surface area contributed by atoms with Crippen molar-refractivity contribution < 1.29 is 12.8 Å². The normalized spacial score (nSPS) is 11.7. The minimum Gasteiger partial charge on any atom is -0.465 e. The Morgan fingerprint density at radius 3 is 2.52 bits per heavy atom. The van der Waals surface area contributed by atoms with Crippen molar-refractivity contribution in [3.8, 4) is 0 Å². The van der Waals surface area contributed by atoms with Crippen LogP contribution in [0.5, 0.6) is 0 Å². The zero-order valence-electron chi connectivity index (χ0n) is 11.7. The van der Waals surface area contributed by atoms with Crippen LogP contribution in [0.2, 0.25) is 0 Å². The molecule has 3 N–H and O–H groups in total. The van der Waals surface area contributed by atoms with E-state index in [9.17, 15) is 8.42 Å². The van der Waals surface area contributed by atoms with E-state index in [1.807, 2.05) is 19.1 Å². The van der Waals surface area contributed by atoms with Gasteiger partial charge in [-0.1, -0.05) is 0 Å². The molecule has 0 saturated heterocycles. The van der Waals surface area contributed by atoms with E-state index in [0.717, 1.165) is 10.7 Å². The standard InChI is InChI=1S/C14H18N2O3S2/c1-11-2-5-13(19-11)10-16-21(17,18)9-8-20-14-6-3-12(15)4-7-14/h2-7,16H,8-10,15H2,1H3. The Morgan fingerprint density at radius 2 is 1.90 bits per heavy atom. The molecule has 5 nitrogen and oxygen atoms in total. The molecule has 0 aliphatic heterocycles. The largest absolute Gasteiger partial charge is 0.465 e. The number of hydrogen-bond acceptors (Lipinski definition) is 5. The van der Waals surface area contributed by atoms with Crippen molar-refractivity contribution in [3.63, 3.8) is 0 Å². The van der Waals surface area contributed by atoms with Crippen molar-refractivity contribution in [2.45, 2.75) is 18.4 Å². The molecule has 21 heavy (non-hydrogen) atoms. The molecule has 1 aromatic carbocycles. The molecule has 0 atom stereocenters. The highest BCUT2D eigenvalue weighted by Crippen LogP contribution is 2.19. The highest BCUT2D eigenvalue weighted by Gasteiger charge is 2.11. The van der Waals surface area contributed by atoms with Crippen LogP contribution >= 0.6 is 11.8 Å². The van der Waals surface area contributed by atoms with Crippen molar-refractivity contribution in [2.75, 3.05) is 17.2 Å². The summed E-state index contributed by atoms with van der Waals surface area (Å²) in [5.74, 6) is 1.92. The first-order valence-electron chi connectivity index (χ1n) is 6.46. The molecule has 0 aliphatic carbocycles. The van der Waals surface area contributed by atoms with E-state index < -0.39 is 10.0 Å². The molecule has 0 spiro atoms. The van der Waals surface area contributed by atoms with Gasteiger partial charge in [0.25, 0.3) is 0 Å². The van der Waals surface area contributed by atoms with Gasteiger partial charge in [0.15, 0.2) is 0 Å². The van der Waals surface area contributed by atoms with Crippen LogP contribution in [-0.4, -0.2) is 19.9 Å². The van der Waals surface area contributed by atoms with Gasteiger partial charge in [-0.05, 0) is 43.3 Å². The van der Waals surface area contributed by atoms with Gasteiger partial charge >= 0.3 is 0 Å². The number of anilines is 1. The first-order valence-corrected chi connectivity index (χ1v) is 9.09. The Morgan fingerprint density at radius 1 is 1.19 bits per heavy atom. The second kappa shape index (κ2) is 7.02. The molecule has 2 aromatic rings. The van der Waals surface area contributed by atoms with E-state index in [1.54, 1.807) is 24.3 Å². The number of nitrogens with one attached hydrogen (secondary N) is 1. The Balaban J connectivity index is 1.77. The maximum Gasteiger partial charge on any atom is 0.212 e. The molecule has 0 amide bonds. The van der Waals surface area contributed by atoms with E-state index in [1.165, 1.54) is 11.8 Å². The monoisotopic (exact) mass is 326 g/mol. The molecule has 2 rings (SSSR count). The smallest absolute Gasteiger partial charge is 0.212 e. The lowest BCUT2D eigenvalue weighted by atomic mass is 10.3. The summed E-state index contributed by atoms with van der Waals surface area (Å²) in [6.07, 6.45) is 0. The number of benzene rings is 1. The van der Waals surface area contributed by atoms with E-state index in [0.29, 0.717) is 17.2 Å². The molecule has 0 saturated carbocycles. The molecule has 0 bridgehead atoms. The van der Waals surface area contributed by atoms with Crippen LogP contribution in [0, 0.1) is 6.92 Å². The van der Waals surface area contributed by atoms with Crippen molar-refractivity contribution in [3.05, 3.63) is 47.9 Å². The van der Waals surface area contributed by atoms with Crippen LogP contribution in [0.1, 0.15) is 11.5 Å². The first kappa shape index (κ1) is 15.9. The van der Waals surface area contributed by atoms with Crippen molar-refractivity contribution in [1.82, 2.24) is 4.72 Å². The van der Waals surface area contributed by atoms with Crippen molar-refractivity contribution in [1.29, 1.82) is 0 Å². The average Bonchev–Trinajstić information content (AvgIpc) is 2.85. The average molecular weight is 326 g/mol. The van der Waals surface area contributed by atoms with Gasteiger partial charge in [-0.15, -0.1) is 11.8 Å². The van der Waals surface area contributed by atoms with Gasteiger partial charge in [0.2, 0.25) is 10.0 Å². The molecule has 7 heteroatoms. The minimum atomic E-state index is -3.30. The predicted molar refractivity (Wildman–Crippen MR) is 85.6 cm³/mol. The quantitative estimate of drug-likeness (QED) is 0.603. The topological polar surface area (TPSA) is 85.3 Å². The van der Waals surface area contributed by atoms with Gasteiger partial charge in [-0.25, -0.2) is 13.1 Å². The van der Waals surface area contributed by atoms with E-state index in [2.05, 4.69) is 4.72 Å². The summed E-state index contributed by atoms with van der Waals surface area (Å²) >= 11 is 1.48. The molecule has 0 radical (unpaired) electrons. The fourth-order valence-electron chi connectivity index (χ4n) is 1.67. The Kier molecular flexibility index (Phi) is 5.33. The van der Waals surface area contributed by atoms with Gasteiger partial charge in [0, 0.05) is 16.3 Å². The fourth-order valence-corrected chi connectivity index (χ4v) is 3.95. The third kappa shape index (κ3) is 5.45. The van der Waals surface area contributed by atoms with Crippen LogP contribution in [0.25, 0.3) is 0 Å². The summed E-state index contributed by atoms with van der Waals surface area (Å²) in [5, 5.41) is 0. The zero-order valence-corrected chi connectivity index (χ0v) is 13.3. The summed E-state index contributed by atoms with van der Waals surface area (Å²) in [6, 6.07) is 10.9. The van der Waals surface area contributed by atoms with Crippen LogP contribution < -0.4 is 10.5 Å². The van der Waals surface area contributed by atoms with Crippen LogP contribution in [-0.2, 0) is 16.6 Å². The first-order chi connectivity index (χ1) is 9.94. The number of nitrogens with two attached hydrogens (primary N) is 1. The van der Waals surface area contributed by atoms with Crippen LogP contribution in [0.15, 0.2) is 45.7 Å². The molecule has 0 unspecified atom stereocenters. The van der Waals surface area contributed by atoms with Crippen molar-refractivity contribution in [2.24, 2.45) is 0 Å². The molecular weight excluding hydrogens is 308 g/mol. The number of nitrogen functional groups attached to an aromatic ring is 1. The third-order valence-electron chi connectivity index (χ3n) is 2.76. The van der Waals surface area contributed by atoms with Gasteiger partial charge < -0.3 is 10.2 Å². The van der Waals surface area contributed by atoms with E-state index in [-0.39, 0.29) is 12.3 Å². The highest BCUT2D eigenvalue weighted by molar-refractivity contribution is 8.00. The van der Waals surface area contributed by atoms with E-state index >= 15 is 0 Å². The molecule has 0 fully saturated rings. The van der Waals surface area contributed by atoms with Gasteiger partial charge in [-0.2, -0.15) is 0 Å². The van der Waals surface area contributed by atoms with E-state index in [4.69, 9.17) is 10.2 Å². The van der Waals surface area contributed by atoms with Gasteiger partial charge in [-0.3, -0.25) is 0 Å². The lowest BCUT2D eigenvalue weighted by Gasteiger charge is -2.05. The summed E-state index contributed by atoms with van der Waals surface area (Å²) in [5.41, 5.74) is 6.29. The Bertz CT molecular complexity index is 678. The Labute approximate surface area is 129 Å². The molecule has 1 aromatic heterocycles. The maximum atomic E-state index is 11.9. The summed E-state index contributed by atoms with van der Waals surface area (Å²) < 4.78 is 31.6. The number of thioether (sulfide) groups is 1. The maximum absolute atomic E-state index is 11.9. The minimum absolute atomic E-state index is 0.0573. The lowest BCUT2D eigenvalue weighted by molar-refractivity contribution is 0.475. The fraction of sp³-hybridized carbons (Fsp3) is 0.286. The second-order valence-corrected chi connectivity index (χ2v) is 7.66.